The van der Waals surface area contributed by atoms with E-state index in [9.17, 15) is 0 Å². The Labute approximate surface area is 97.9 Å². The molecule has 0 N–H and O–H groups in total. The number of halogens is 3. The summed E-state index contributed by atoms with van der Waals surface area (Å²) in [5.74, 6) is 0.757. The van der Waals surface area contributed by atoms with Crippen molar-refractivity contribution in [1.82, 2.24) is 0 Å². The molecule has 76 valence electrons. The Morgan fingerprint density at radius 1 is 1.14 bits per heavy atom. The van der Waals surface area contributed by atoms with Gasteiger partial charge in [0.25, 0.3) is 0 Å². The molecule has 0 radical (unpaired) electrons. The quantitative estimate of drug-likeness (QED) is 0.718. The Morgan fingerprint density at radius 2 is 1.86 bits per heavy atom. The van der Waals surface area contributed by atoms with Gasteiger partial charge in [0.15, 0.2) is 0 Å². The Balaban J connectivity index is 2.00. The van der Waals surface area contributed by atoms with Crippen LogP contribution in [0.1, 0.15) is 12.8 Å². The van der Waals surface area contributed by atoms with Gasteiger partial charge in [-0.05, 0) is 12.1 Å². The van der Waals surface area contributed by atoms with Crippen molar-refractivity contribution in [2.75, 3.05) is 0 Å². The minimum atomic E-state index is 0.231. The Morgan fingerprint density at radius 3 is 2.43 bits per heavy atom. The molecule has 0 unspecified atom stereocenters. The van der Waals surface area contributed by atoms with Crippen LogP contribution in [-0.4, -0.2) is 11.5 Å². The number of rotatable bonds is 2. The normalized spacial score (nSPS) is 25.6. The first-order valence-corrected chi connectivity index (χ1v) is 5.60. The predicted octanol–water partition coefficient (Wildman–Crippen LogP) is 4.14. The molecule has 0 heterocycles. The van der Waals surface area contributed by atoms with Gasteiger partial charge in [0.1, 0.15) is 11.9 Å². The highest BCUT2D eigenvalue weighted by Crippen LogP contribution is 2.32. The molecule has 1 nitrogen and oxygen atoms in total. The molecule has 1 aromatic rings. The van der Waals surface area contributed by atoms with Crippen molar-refractivity contribution >= 4 is 34.8 Å². The second kappa shape index (κ2) is 4.18. The van der Waals surface area contributed by atoms with E-state index in [4.69, 9.17) is 39.5 Å². The van der Waals surface area contributed by atoms with Crippen LogP contribution in [0.25, 0.3) is 0 Å². The lowest BCUT2D eigenvalue weighted by Gasteiger charge is -2.31. The number of alkyl halides is 1. The van der Waals surface area contributed by atoms with Crippen molar-refractivity contribution in [2.45, 2.75) is 24.3 Å². The van der Waals surface area contributed by atoms with Gasteiger partial charge in [-0.25, -0.2) is 0 Å². The fourth-order valence-corrected chi connectivity index (χ4v) is 2.03. The SMILES string of the molecule is Clc1ccc(OC2CC(Cl)C2)cc1Cl. The van der Waals surface area contributed by atoms with Crippen molar-refractivity contribution < 1.29 is 4.74 Å². The Hall–Kier alpha value is -0.110. The molecule has 1 aliphatic carbocycles. The molecule has 0 bridgehead atoms. The average Bonchev–Trinajstić information content (AvgIpc) is 2.09. The Kier molecular flexibility index (Phi) is 3.10. The summed E-state index contributed by atoms with van der Waals surface area (Å²) in [6.07, 6.45) is 2.04. The maximum Gasteiger partial charge on any atom is 0.121 e. The fourth-order valence-electron chi connectivity index (χ4n) is 1.34. The van der Waals surface area contributed by atoms with Crippen LogP contribution < -0.4 is 4.74 Å². The topological polar surface area (TPSA) is 9.23 Å². The molecule has 0 saturated heterocycles. The van der Waals surface area contributed by atoms with Gasteiger partial charge in [-0.3, -0.25) is 0 Å². The number of hydrogen-bond donors (Lipinski definition) is 0. The average molecular weight is 252 g/mol. The molecule has 0 aromatic heterocycles. The summed E-state index contributed by atoms with van der Waals surface area (Å²) in [6.45, 7) is 0. The van der Waals surface area contributed by atoms with Crippen molar-refractivity contribution in [2.24, 2.45) is 0 Å². The summed E-state index contributed by atoms with van der Waals surface area (Å²) in [5, 5.41) is 1.33. The van der Waals surface area contributed by atoms with E-state index in [2.05, 4.69) is 0 Å². The molecule has 1 aromatic carbocycles. The van der Waals surface area contributed by atoms with Crippen molar-refractivity contribution in [3.63, 3.8) is 0 Å². The van der Waals surface area contributed by atoms with Gasteiger partial charge >= 0.3 is 0 Å². The number of hydrogen-bond acceptors (Lipinski definition) is 1. The lowest BCUT2D eigenvalue weighted by Crippen LogP contribution is -2.34. The molecule has 0 aliphatic heterocycles. The molecule has 1 fully saturated rings. The molecular formula is C10H9Cl3O. The van der Waals surface area contributed by atoms with Gasteiger partial charge < -0.3 is 4.74 Å². The zero-order valence-corrected chi connectivity index (χ0v) is 9.61. The van der Waals surface area contributed by atoms with E-state index in [1.54, 1.807) is 12.1 Å². The van der Waals surface area contributed by atoms with E-state index in [-0.39, 0.29) is 11.5 Å². The minimum absolute atomic E-state index is 0.231. The molecule has 2 rings (SSSR count). The summed E-state index contributed by atoms with van der Waals surface area (Å²) >= 11 is 17.5. The van der Waals surface area contributed by atoms with Gasteiger partial charge in [-0.1, -0.05) is 23.2 Å². The van der Waals surface area contributed by atoms with Crippen LogP contribution in [0.5, 0.6) is 5.75 Å². The maximum absolute atomic E-state index is 5.85. The zero-order valence-electron chi connectivity index (χ0n) is 7.34. The van der Waals surface area contributed by atoms with Crippen LogP contribution in [-0.2, 0) is 0 Å². The lowest BCUT2D eigenvalue weighted by molar-refractivity contribution is 0.124. The third-order valence-corrected chi connectivity index (χ3v) is 3.33. The van der Waals surface area contributed by atoms with Gasteiger partial charge in [-0.15, -0.1) is 11.6 Å². The second-order valence-electron chi connectivity index (χ2n) is 3.38. The van der Waals surface area contributed by atoms with Crippen LogP contribution in [0.4, 0.5) is 0 Å². The first kappa shape index (κ1) is 10.4. The van der Waals surface area contributed by atoms with Crippen LogP contribution in [0.3, 0.4) is 0 Å². The molecule has 4 heteroatoms. The van der Waals surface area contributed by atoms with E-state index in [1.165, 1.54) is 0 Å². The summed E-state index contributed by atoms with van der Waals surface area (Å²) in [5.41, 5.74) is 0. The lowest BCUT2D eigenvalue weighted by atomic mass is 9.95. The largest absolute Gasteiger partial charge is 0.490 e. The highest BCUT2D eigenvalue weighted by molar-refractivity contribution is 6.42. The molecule has 1 saturated carbocycles. The van der Waals surface area contributed by atoms with E-state index >= 15 is 0 Å². The fraction of sp³-hybridized carbons (Fsp3) is 0.400. The molecule has 0 atom stereocenters. The van der Waals surface area contributed by atoms with Crippen molar-refractivity contribution in [3.8, 4) is 5.75 Å². The summed E-state index contributed by atoms with van der Waals surface area (Å²) in [6, 6.07) is 5.28. The first-order valence-electron chi connectivity index (χ1n) is 4.41. The zero-order chi connectivity index (χ0) is 10.1. The smallest absolute Gasteiger partial charge is 0.121 e. The third-order valence-electron chi connectivity index (χ3n) is 2.23. The molecule has 0 spiro atoms. The van der Waals surface area contributed by atoms with Gasteiger partial charge in [0.05, 0.1) is 10.0 Å². The van der Waals surface area contributed by atoms with Crippen LogP contribution >= 0.6 is 34.8 Å². The Bertz CT molecular complexity index is 334. The van der Waals surface area contributed by atoms with E-state index in [0.717, 1.165) is 18.6 Å². The standard InChI is InChI=1S/C10H9Cl3O/c11-6-3-8(4-6)14-7-1-2-9(12)10(13)5-7/h1-2,5-6,8H,3-4H2. The van der Waals surface area contributed by atoms with Gasteiger partial charge in [-0.2, -0.15) is 0 Å². The first-order chi connectivity index (χ1) is 6.65. The monoisotopic (exact) mass is 250 g/mol. The molecule has 0 amide bonds. The molecule has 1 aliphatic rings. The predicted molar refractivity (Wildman–Crippen MR) is 59.8 cm³/mol. The summed E-state index contributed by atoms with van der Waals surface area (Å²) in [7, 11) is 0. The number of benzene rings is 1. The van der Waals surface area contributed by atoms with Crippen LogP contribution in [0.2, 0.25) is 10.0 Å². The molecule has 14 heavy (non-hydrogen) atoms. The van der Waals surface area contributed by atoms with E-state index in [0.29, 0.717) is 10.0 Å². The van der Waals surface area contributed by atoms with Crippen molar-refractivity contribution in [1.29, 1.82) is 0 Å². The van der Waals surface area contributed by atoms with Crippen LogP contribution in [0, 0.1) is 0 Å². The van der Waals surface area contributed by atoms with E-state index < -0.39 is 0 Å². The summed E-state index contributed by atoms with van der Waals surface area (Å²) in [4.78, 5) is 0. The van der Waals surface area contributed by atoms with E-state index in [1.807, 2.05) is 6.07 Å². The van der Waals surface area contributed by atoms with Crippen molar-refractivity contribution in [3.05, 3.63) is 28.2 Å². The second-order valence-corrected chi connectivity index (χ2v) is 4.82. The number of ether oxygens (including phenoxy) is 1. The third kappa shape index (κ3) is 2.28. The maximum atomic E-state index is 5.85. The van der Waals surface area contributed by atoms with Gasteiger partial charge in [0.2, 0.25) is 0 Å². The summed E-state index contributed by atoms with van der Waals surface area (Å²) < 4.78 is 5.63. The minimum Gasteiger partial charge on any atom is -0.490 e. The van der Waals surface area contributed by atoms with Gasteiger partial charge in [0, 0.05) is 24.3 Å². The molecular weight excluding hydrogens is 242 g/mol. The van der Waals surface area contributed by atoms with Crippen LogP contribution in [0.15, 0.2) is 18.2 Å². The highest BCUT2D eigenvalue weighted by Gasteiger charge is 2.28. The highest BCUT2D eigenvalue weighted by atomic mass is 35.5.